The predicted octanol–water partition coefficient (Wildman–Crippen LogP) is 0.747. The van der Waals surface area contributed by atoms with E-state index in [-0.39, 0.29) is 5.97 Å². The van der Waals surface area contributed by atoms with Crippen LogP contribution in [-0.4, -0.2) is 37.3 Å². The van der Waals surface area contributed by atoms with E-state index >= 15 is 0 Å². The topological polar surface area (TPSA) is 26.3 Å². The van der Waals surface area contributed by atoms with Crippen molar-refractivity contribution in [2.45, 2.75) is 19.8 Å². The Hall–Kier alpha value is -0.570. The van der Waals surface area contributed by atoms with Crippen molar-refractivity contribution in [1.82, 2.24) is 0 Å². The van der Waals surface area contributed by atoms with E-state index in [2.05, 4.69) is 7.05 Å². The van der Waals surface area contributed by atoms with E-state index in [1.165, 1.54) is 19.8 Å². The molecule has 1 fully saturated rings. The number of carbonyl (C=O) groups is 1. The Morgan fingerprint density at radius 3 is 2.45 bits per heavy atom. The molecule has 0 aromatic carbocycles. The summed E-state index contributed by atoms with van der Waals surface area (Å²) in [5.74, 6) is -0.170. The Morgan fingerprint density at radius 1 is 1.45 bits per heavy atom. The van der Waals surface area contributed by atoms with E-state index in [1.54, 1.807) is 0 Å². The standard InChI is InChI=1S/C8H16NO2/c1-8(10)11-7-9(2)5-3-4-6-9/h3-7H2,1-2H3/q+1. The number of hydrogen-bond acceptors (Lipinski definition) is 2. The van der Waals surface area contributed by atoms with Gasteiger partial charge in [0.15, 0.2) is 0 Å². The zero-order chi connectivity index (χ0) is 8.32. The molecule has 1 saturated heterocycles. The van der Waals surface area contributed by atoms with Crippen LogP contribution in [-0.2, 0) is 9.53 Å². The summed E-state index contributed by atoms with van der Waals surface area (Å²) in [6.07, 6.45) is 2.52. The number of rotatable bonds is 2. The van der Waals surface area contributed by atoms with Gasteiger partial charge in [0, 0.05) is 19.8 Å². The van der Waals surface area contributed by atoms with Crippen molar-refractivity contribution in [3.63, 3.8) is 0 Å². The van der Waals surface area contributed by atoms with Crippen LogP contribution in [0.2, 0.25) is 0 Å². The summed E-state index contributed by atoms with van der Waals surface area (Å²) in [7, 11) is 2.13. The summed E-state index contributed by atoms with van der Waals surface area (Å²) in [5.41, 5.74) is 0. The first kappa shape index (κ1) is 8.53. The molecule has 0 amide bonds. The van der Waals surface area contributed by atoms with Crippen LogP contribution < -0.4 is 0 Å². The second-order valence-corrected chi connectivity index (χ2v) is 3.54. The van der Waals surface area contributed by atoms with Crippen molar-refractivity contribution in [3.05, 3.63) is 0 Å². The van der Waals surface area contributed by atoms with Crippen LogP contribution in [0.1, 0.15) is 19.8 Å². The van der Waals surface area contributed by atoms with Gasteiger partial charge in [-0.25, -0.2) is 0 Å². The van der Waals surface area contributed by atoms with Gasteiger partial charge in [0.1, 0.15) is 0 Å². The number of carbonyl (C=O) groups excluding carboxylic acids is 1. The molecule has 64 valence electrons. The van der Waals surface area contributed by atoms with E-state index in [1.807, 2.05) is 0 Å². The maximum Gasteiger partial charge on any atom is 0.306 e. The Balaban J connectivity index is 2.28. The number of nitrogens with zero attached hydrogens (tertiary/aromatic N) is 1. The third-order valence-electron chi connectivity index (χ3n) is 2.23. The Bertz CT molecular complexity index is 150. The normalized spacial score (nSPS) is 21.6. The molecule has 0 spiro atoms. The largest absolute Gasteiger partial charge is 0.415 e. The summed E-state index contributed by atoms with van der Waals surface area (Å²) < 4.78 is 5.86. The van der Waals surface area contributed by atoms with Gasteiger partial charge < -0.3 is 4.74 Å². The highest BCUT2D eigenvalue weighted by atomic mass is 16.5. The van der Waals surface area contributed by atoms with Crippen molar-refractivity contribution in [2.24, 2.45) is 0 Å². The van der Waals surface area contributed by atoms with E-state index in [0.29, 0.717) is 6.73 Å². The zero-order valence-electron chi connectivity index (χ0n) is 7.30. The van der Waals surface area contributed by atoms with Crippen LogP contribution in [0.25, 0.3) is 0 Å². The Kier molecular flexibility index (Phi) is 2.49. The van der Waals surface area contributed by atoms with E-state index in [4.69, 9.17) is 4.74 Å². The fourth-order valence-electron chi connectivity index (χ4n) is 1.47. The second kappa shape index (κ2) is 3.22. The number of quaternary nitrogens is 1. The smallest absolute Gasteiger partial charge is 0.306 e. The average Bonchev–Trinajstić information content (AvgIpc) is 2.33. The summed E-state index contributed by atoms with van der Waals surface area (Å²) in [6, 6.07) is 0. The molecule has 1 aliphatic rings. The minimum Gasteiger partial charge on any atom is -0.415 e. The maximum absolute atomic E-state index is 10.5. The van der Waals surface area contributed by atoms with Gasteiger partial charge in [0.2, 0.25) is 6.73 Å². The molecular weight excluding hydrogens is 142 g/mol. The Labute approximate surface area is 67.5 Å². The fourth-order valence-corrected chi connectivity index (χ4v) is 1.47. The molecule has 0 saturated carbocycles. The maximum atomic E-state index is 10.5. The highest BCUT2D eigenvalue weighted by Gasteiger charge is 2.27. The van der Waals surface area contributed by atoms with Gasteiger partial charge in [-0.3, -0.25) is 9.28 Å². The highest BCUT2D eigenvalue weighted by molar-refractivity contribution is 5.65. The molecule has 0 atom stereocenters. The summed E-state index contributed by atoms with van der Waals surface area (Å²) in [6.45, 7) is 4.30. The fraction of sp³-hybridized carbons (Fsp3) is 0.875. The van der Waals surface area contributed by atoms with Crippen LogP contribution in [0.5, 0.6) is 0 Å². The number of hydrogen-bond donors (Lipinski definition) is 0. The lowest BCUT2D eigenvalue weighted by Gasteiger charge is -2.27. The first-order chi connectivity index (χ1) is 5.12. The first-order valence-electron chi connectivity index (χ1n) is 4.09. The lowest BCUT2D eigenvalue weighted by Crippen LogP contribution is -2.43. The molecule has 0 aromatic rings. The minimum atomic E-state index is -0.170. The van der Waals surface area contributed by atoms with Gasteiger partial charge in [0.05, 0.1) is 20.1 Å². The molecule has 0 aromatic heterocycles. The molecule has 1 heterocycles. The molecule has 3 heteroatoms. The molecule has 1 aliphatic heterocycles. The average molecular weight is 158 g/mol. The van der Waals surface area contributed by atoms with Crippen molar-refractivity contribution in [1.29, 1.82) is 0 Å². The van der Waals surface area contributed by atoms with E-state index < -0.39 is 0 Å². The molecule has 0 aliphatic carbocycles. The molecule has 0 bridgehead atoms. The summed E-state index contributed by atoms with van der Waals surface area (Å²) >= 11 is 0. The van der Waals surface area contributed by atoms with Gasteiger partial charge in [-0.1, -0.05) is 0 Å². The van der Waals surface area contributed by atoms with Gasteiger partial charge >= 0.3 is 5.97 Å². The molecule has 0 unspecified atom stereocenters. The van der Waals surface area contributed by atoms with Crippen molar-refractivity contribution < 1.29 is 14.0 Å². The van der Waals surface area contributed by atoms with Crippen LogP contribution in [0.3, 0.4) is 0 Å². The van der Waals surface area contributed by atoms with Crippen LogP contribution in [0.4, 0.5) is 0 Å². The van der Waals surface area contributed by atoms with Gasteiger partial charge in [-0.05, 0) is 0 Å². The van der Waals surface area contributed by atoms with Crippen molar-refractivity contribution in [2.75, 3.05) is 26.9 Å². The third-order valence-corrected chi connectivity index (χ3v) is 2.23. The summed E-state index contributed by atoms with van der Waals surface area (Å²) in [4.78, 5) is 10.5. The lowest BCUT2D eigenvalue weighted by atomic mass is 10.4. The second-order valence-electron chi connectivity index (χ2n) is 3.54. The van der Waals surface area contributed by atoms with Gasteiger partial charge in [-0.15, -0.1) is 0 Å². The molecule has 11 heavy (non-hydrogen) atoms. The van der Waals surface area contributed by atoms with Gasteiger partial charge in [-0.2, -0.15) is 0 Å². The van der Waals surface area contributed by atoms with E-state index in [9.17, 15) is 4.79 Å². The third kappa shape index (κ3) is 2.50. The first-order valence-corrected chi connectivity index (χ1v) is 4.09. The highest BCUT2D eigenvalue weighted by Crippen LogP contribution is 2.15. The number of esters is 1. The monoisotopic (exact) mass is 158 g/mol. The quantitative estimate of drug-likeness (QED) is 0.438. The molecule has 0 N–H and O–H groups in total. The van der Waals surface area contributed by atoms with Crippen LogP contribution >= 0.6 is 0 Å². The van der Waals surface area contributed by atoms with Crippen molar-refractivity contribution in [3.8, 4) is 0 Å². The number of ether oxygens (including phenoxy) is 1. The molecule has 3 nitrogen and oxygen atoms in total. The van der Waals surface area contributed by atoms with Crippen molar-refractivity contribution >= 4 is 5.97 Å². The predicted molar refractivity (Wildman–Crippen MR) is 41.8 cm³/mol. The SMILES string of the molecule is CC(=O)OC[N+]1(C)CCCC1. The van der Waals surface area contributed by atoms with Crippen LogP contribution in [0, 0.1) is 0 Å². The van der Waals surface area contributed by atoms with Crippen LogP contribution in [0.15, 0.2) is 0 Å². The summed E-state index contributed by atoms with van der Waals surface area (Å²) in [5, 5.41) is 0. The molecule has 1 rings (SSSR count). The molecular formula is C8H16NO2+. The lowest BCUT2D eigenvalue weighted by molar-refractivity contribution is -0.914. The minimum absolute atomic E-state index is 0.170. The Morgan fingerprint density at radius 2 is 2.00 bits per heavy atom. The van der Waals surface area contributed by atoms with E-state index in [0.717, 1.165) is 17.6 Å². The zero-order valence-corrected chi connectivity index (χ0v) is 7.30. The molecule has 0 radical (unpaired) electrons. The van der Waals surface area contributed by atoms with Gasteiger partial charge in [0.25, 0.3) is 0 Å². The number of likely N-dealkylation sites (tertiary alicyclic amines) is 1.